The van der Waals surface area contributed by atoms with Crippen LogP contribution < -0.4 is 0 Å². The van der Waals surface area contributed by atoms with Crippen molar-refractivity contribution in [2.24, 2.45) is 7.05 Å². The van der Waals surface area contributed by atoms with Crippen LogP contribution in [0.15, 0.2) is 15.7 Å². The van der Waals surface area contributed by atoms with Crippen LogP contribution in [-0.2, 0) is 19.8 Å². The lowest BCUT2D eigenvalue weighted by Crippen LogP contribution is -2.03. The zero-order valence-corrected chi connectivity index (χ0v) is 10.6. The molecule has 0 spiro atoms. The van der Waals surface area contributed by atoms with Gasteiger partial charge in [-0.15, -0.1) is 10.2 Å². The van der Waals surface area contributed by atoms with Crippen molar-refractivity contribution in [1.29, 1.82) is 0 Å². The molecule has 1 N–H and O–H groups in total. The molecule has 0 aliphatic carbocycles. The molecule has 0 fully saturated rings. The molecule has 10 heteroatoms. The fraction of sp³-hybridized carbons (Fsp3) is 0.375. The SMILES string of the molecule is Cn1c(CO)cnc1Sc1nnc(C(F)(F)F)s1. The zero-order valence-electron chi connectivity index (χ0n) is 8.97. The summed E-state index contributed by atoms with van der Waals surface area (Å²) >= 11 is 1.43. The van der Waals surface area contributed by atoms with Gasteiger partial charge in [-0.1, -0.05) is 11.3 Å². The lowest BCUT2D eigenvalue weighted by molar-refractivity contribution is -0.138. The summed E-state index contributed by atoms with van der Waals surface area (Å²) in [5.74, 6) is 0. The second-order valence-corrected chi connectivity index (χ2v) is 5.41. The predicted molar refractivity (Wildman–Crippen MR) is 58.2 cm³/mol. The molecule has 0 aliphatic rings. The van der Waals surface area contributed by atoms with E-state index in [0.29, 0.717) is 22.2 Å². The van der Waals surface area contributed by atoms with E-state index in [0.717, 1.165) is 11.8 Å². The Morgan fingerprint density at radius 3 is 2.67 bits per heavy atom. The summed E-state index contributed by atoms with van der Waals surface area (Å²) in [6.45, 7) is -0.187. The highest BCUT2D eigenvalue weighted by molar-refractivity contribution is 8.00. The van der Waals surface area contributed by atoms with Gasteiger partial charge >= 0.3 is 6.18 Å². The van der Waals surface area contributed by atoms with Crippen LogP contribution in [0.5, 0.6) is 0 Å². The van der Waals surface area contributed by atoms with Gasteiger partial charge in [0.05, 0.1) is 18.5 Å². The van der Waals surface area contributed by atoms with Gasteiger partial charge in [0, 0.05) is 7.05 Å². The summed E-state index contributed by atoms with van der Waals surface area (Å²) in [6, 6.07) is 0. The van der Waals surface area contributed by atoms with E-state index in [1.165, 1.54) is 6.20 Å². The quantitative estimate of drug-likeness (QED) is 0.937. The first kappa shape index (κ1) is 13.3. The number of rotatable bonds is 3. The van der Waals surface area contributed by atoms with Crippen molar-refractivity contribution in [3.63, 3.8) is 0 Å². The van der Waals surface area contributed by atoms with Gasteiger partial charge in [0.2, 0.25) is 5.01 Å². The number of aliphatic hydroxyl groups is 1. The molecular weight excluding hydrogens is 289 g/mol. The number of aliphatic hydroxyl groups excluding tert-OH is 1. The smallest absolute Gasteiger partial charge is 0.390 e. The lowest BCUT2D eigenvalue weighted by Gasteiger charge is -2.00. The molecule has 0 aromatic carbocycles. The maximum atomic E-state index is 12.3. The first-order chi connectivity index (χ1) is 8.41. The van der Waals surface area contributed by atoms with Gasteiger partial charge in [-0.25, -0.2) is 4.98 Å². The molecule has 98 valence electrons. The summed E-state index contributed by atoms with van der Waals surface area (Å²) in [5.41, 5.74) is 0.568. The van der Waals surface area contributed by atoms with Crippen LogP contribution in [0.1, 0.15) is 10.7 Å². The average molecular weight is 296 g/mol. The van der Waals surface area contributed by atoms with Crippen molar-refractivity contribution in [2.45, 2.75) is 22.3 Å². The molecule has 0 saturated heterocycles. The van der Waals surface area contributed by atoms with E-state index >= 15 is 0 Å². The maximum absolute atomic E-state index is 12.3. The van der Waals surface area contributed by atoms with Crippen LogP contribution in [-0.4, -0.2) is 24.9 Å². The molecule has 0 aliphatic heterocycles. The molecule has 2 heterocycles. The Bertz CT molecular complexity index is 551. The molecule has 0 unspecified atom stereocenters. The number of alkyl halides is 3. The van der Waals surface area contributed by atoms with E-state index in [4.69, 9.17) is 5.11 Å². The number of hydrogen-bond acceptors (Lipinski definition) is 6. The molecular formula is C8H7F3N4OS2. The Hall–Kier alpha value is -1.13. The predicted octanol–water partition coefficient (Wildman–Crippen LogP) is 1.93. The minimum absolute atomic E-state index is 0.153. The largest absolute Gasteiger partial charge is 0.445 e. The normalized spacial score (nSPS) is 12.1. The van der Waals surface area contributed by atoms with Gasteiger partial charge in [-0.2, -0.15) is 13.2 Å². The molecule has 18 heavy (non-hydrogen) atoms. The highest BCUT2D eigenvalue weighted by Gasteiger charge is 2.35. The fourth-order valence-electron chi connectivity index (χ4n) is 1.11. The molecule has 0 amide bonds. The third kappa shape index (κ3) is 2.65. The monoisotopic (exact) mass is 296 g/mol. The van der Waals surface area contributed by atoms with Gasteiger partial charge in [0.25, 0.3) is 0 Å². The summed E-state index contributed by atoms with van der Waals surface area (Å²) in [4.78, 5) is 3.98. The number of aromatic nitrogens is 4. The van der Waals surface area contributed by atoms with Gasteiger partial charge in [0.1, 0.15) is 0 Å². The summed E-state index contributed by atoms with van der Waals surface area (Å²) in [6.07, 6.45) is -3.03. The molecule has 0 bridgehead atoms. The van der Waals surface area contributed by atoms with Crippen molar-refractivity contribution in [3.8, 4) is 0 Å². The van der Waals surface area contributed by atoms with Gasteiger partial charge < -0.3 is 9.67 Å². The first-order valence-corrected chi connectivity index (χ1v) is 6.25. The number of imidazole rings is 1. The maximum Gasteiger partial charge on any atom is 0.445 e. The third-order valence-corrected chi connectivity index (χ3v) is 4.11. The van der Waals surface area contributed by atoms with Crippen molar-refractivity contribution in [1.82, 2.24) is 19.7 Å². The zero-order chi connectivity index (χ0) is 13.3. The average Bonchev–Trinajstić information content (AvgIpc) is 2.87. The van der Waals surface area contributed by atoms with Crippen molar-refractivity contribution < 1.29 is 18.3 Å². The van der Waals surface area contributed by atoms with Crippen LogP contribution in [0, 0.1) is 0 Å². The van der Waals surface area contributed by atoms with E-state index in [-0.39, 0.29) is 10.9 Å². The molecule has 5 nitrogen and oxygen atoms in total. The number of halogens is 3. The second kappa shape index (κ2) is 4.86. The number of hydrogen-bond donors (Lipinski definition) is 1. The molecule has 2 aromatic heterocycles. The summed E-state index contributed by atoms with van der Waals surface area (Å²) in [7, 11) is 1.66. The fourth-order valence-corrected chi connectivity index (χ4v) is 2.78. The minimum atomic E-state index is -4.48. The second-order valence-electron chi connectivity index (χ2n) is 3.22. The Kier molecular flexibility index (Phi) is 3.59. The molecule has 0 atom stereocenters. The molecule has 2 aromatic rings. The minimum Gasteiger partial charge on any atom is -0.390 e. The molecule has 2 rings (SSSR count). The van der Waals surface area contributed by atoms with Crippen LogP contribution in [0.2, 0.25) is 0 Å². The van der Waals surface area contributed by atoms with Gasteiger partial charge in [-0.3, -0.25) is 0 Å². The van der Waals surface area contributed by atoms with E-state index in [9.17, 15) is 13.2 Å². The van der Waals surface area contributed by atoms with Crippen LogP contribution >= 0.6 is 23.1 Å². The Labute approximate surface area is 108 Å². The van der Waals surface area contributed by atoms with Crippen molar-refractivity contribution in [2.75, 3.05) is 0 Å². The lowest BCUT2D eigenvalue weighted by atomic mass is 10.5. The van der Waals surface area contributed by atoms with E-state index in [2.05, 4.69) is 15.2 Å². The third-order valence-electron chi connectivity index (χ3n) is 2.03. The van der Waals surface area contributed by atoms with Crippen molar-refractivity contribution in [3.05, 3.63) is 16.9 Å². The van der Waals surface area contributed by atoms with E-state index in [1.807, 2.05) is 0 Å². The van der Waals surface area contributed by atoms with E-state index < -0.39 is 11.2 Å². The molecule has 0 radical (unpaired) electrons. The Morgan fingerprint density at radius 2 is 2.17 bits per heavy atom. The topological polar surface area (TPSA) is 63.8 Å². The number of nitrogens with zero attached hydrogens (tertiary/aromatic N) is 4. The molecule has 0 saturated carbocycles. The summed E-state index contributed by atoms with van der Waals surface area (Å²) < 4.78 is 38.7. The van der Waals surface area contributed by atoms with Crippen molar-refractivity contribution >= 4 is 23.1 Å². The Morgan fingerprint density at radius 1 is 1.44 bits per heavy atom. The Balaban J connectivity index is 2.19. The van der Waals surface area contributed by atoms with Crippen LogP contribution in [0.3, 0.4) is 0 Å². The van der Waals surface area contributed by atoms with E-state index in [1.54, 1.807) is 11.6 Å². The first-order valence-electron chi connectivity index (χ1n) is 4.62. The van der Waals surface area contributed by atoms with Crippen LogP contribution in [0.25, 0.3) is 0 Å². The van der Waals surface area contributed by atoms with Crippen LogP contribution in [0.4, 0.5) is 13.2 Å². The standard InChI is InChI=1S/C8H7F3N4OS2/c1-15-4(3-16)2-12-6(15)18-7-14-13-5(17-7)8(9,10)11/h2,16H,3H2,1H3. The van der Waals surface area contributed by atoms with Gasteiger partial charge in [-0.05, 0) is 11.8 Å². The highest BCUT2D eigenvalue weighted by atomic mass is 32.2. The summed E-state index contributed by atoms with van der Waals surface area (Å²) in [5, 5.41) is 15.0. The van der Waals surface area contributed by atoms with Gasteiger partial charge in [0.15, 0.2) is 9.50 Å². The highest BCUT2D eigenvalue weighted by Crippen LogP contribution is 2.36.